The molecule has 0 unspecified atom stereocenters. The van der Waals surface area contributed by atoms with Gasteiger partial charge in [-0.15, -0.1) is 0 Å². The molecule has 4 heteroatoms. The fourth-order valence-corrected chi connectivity index (χ4v) is 2.68. The summed E-state index contributed by atoms with van der Waals surface area (Å²) in [6, 6.07) is 8.26. The van der Waals surface area contributed by atoms with Crippen LogP contribution >= 0.6 is 0 Å². The van der Waals surface area contributed by atoms with Crippen molar-refractivity contribution < 1.29 is 4.79 Å². The number of nitrogens with zero attached hydrogens (tertiary/aromatic N) is 1. The minimum Gasteiger partial charge on any atom is -0.326 e. The lowest BCUT2D eigenvalue weighted by Gasteiger charge is -2.23. The largest absolute Gasteiger partial charge is 0.326 e. The molecule has 4 nitrogen and oxygen atoms in total. The predicted molar refractivity (Wildman–Crippen MR) is 77.8 cm³/mol. The Hall–Kier alpha value is -1.39. The van der Waals surface area contributed by atoms with Gasteiger partial charge in [0.25, 0.3) is 0 Å². The minimum absolute atomic E-state index is 0.0450. The van der Waals surface area contributed by atoms with Gasteiger partial charge in [0, 0.05) is 18.3 Å². The molecular weight excluding hydrogens is 238 g/mol. The van der Waals surface area contributed by atoms with Gasteiger partial charge in [-0.05, 0) is 37.6 Å². The van der Waals surface area contributed by atoms with Crippen molar-refractivity contribution in [3.05, 3.63) is 29.8 Å². The number of amides is 1. The summed E-state index contributed by atoms with van der Waals surface area (Å²) in [6.45, 7) is 0.948. The summed E-state index contributed by atoms with van der Waals surface area (Å²) in [5.74, 6) is 0.0450. The van der Waals surface area contributed by atoms with Gasteiger partial charge in [0.1, 0.15) is 0 Å². The Morgan fingerprint density at radius 2 is 2.16 bits per heavy atom. The predicted octanol–water partition coefficient (Wildman–Crippen LogP) is 1.96. The molecule has 0 aromatic heterocycles. The fourth-order valence-electron chi connectivity index (χ4n) is 2.68. The summed E-state index contributed by atoms with van der Waals surface area (Å²) in [6.07, 6.45) is 5.00. The number of nitrogens with two attached hydrogens (primary N) is 1. The lowest BCUT2D eigenvalue weighted by Crippen LogP contribution is -2.36. The zero-order chi connectivity index (χ0) is 13.7. The van der Waals surface area contributed by atoms with E-state index in [0.717, 1.165) is 11.3 Å². The monoisotopic (exact) mass is 261 g/mol. The van der Waals surface area contributed by atoms with E-state index in [1.807, 2.05) is 31.3 Å². The lowest BCUT2D eigenvalue weighted by atomic mass is 10.2. The van der Waals surface area contributed by atoms with Gasteiger partial charge in [-0.25, -0.2) is 0 Å². The molecule has 0 saturated heterocycles. The van der Waals surface area contributed by atoms with Crippen LogP contribution in [0.3, 0.4) is 0 Å². The van der Waals surface area contributed by atoms with Crippen LogP contribution in [0.15, 0.2) is 24.3 Å². The highest BCUT2D eigenvalue weighted by molar-refractivity contribution is 5.92. The van der Waals surface area contributed by atoms with Gasteiger partial charge in [0.2, 0.25) is 5.91 Å². The molecule has 0 spiro atoms. The van der Waals surface area contributed by atoms with Crippen molar-refractivity contribution >= 4 is 11.6 Å². The van der Waals surface area contributed by atoms with E-state index in [1.165, 1.54) is 25.7 Å². The van der Waals surface area contributed by atoms with Crippen molar-refractivity contribution in [1.29, 1.82) is 0 Å². The summed E-state index contributed by atoms with van der Waals surface area (Å²) in [7, 11) is 2.03. The van der Waals surface area contributed by atoms with Crippen LogP contribution in [-0.4, -0.2) is 30.4 Å². The molecular formula is C15H23N3O. The maximum Gasteiger partial charge on any atom is 0.238 e. The molecule has 0 bridgehead atoms. The molecule has 1 aromatic rings. The molecule has 2 rings (SSSR count). The molecule has 104 valence electrons. The zero-order valence-electron chi connectivity index (χ0n) is 11.6. The van der Waals surface area contributed by atoms with E-state index in [9.17, 15) is 4.79 Å². The third kappa shape index (κ3) is 4.04. The summed E-state index contributed by atoms with van der Waals surface area (Å²) < 4.78 is 0. The van der Waals surface area contributed by atoms with Crippen LogP contribution in [0.2, 0.25) is 0 Å². The SMILES string of the molecule is CN(CC(=O)Nc1cccc(CN)c1)C1CCCC1. The van der Waals surface area contributed by atoms with E-state index in [4.69, 9.17) is 5.73 Å². The molecule has 1 aromatic carbocycles. The average Bonchev–Trinajstić information content (AvgIpc) is 2.92. The number of rotatable bonds is 5. The van der Waals surface area contributed by atoms with Crippen LogP contribution in [0.25, 0.3) is 0 Å². The summed E-state index contributed by atoms with van der Waals surface area (Å²) in [5.41, 5.74) is 7.45. The first-order valence-corrected chi connectivity index (χ1v) is 6.98. The third-order valence-electron chi connectivity index (χ3n) is 3.79. The molecule has 0 heterocycles. The Kier molecular flexibility index (Phi) is 4.93. The second-order valence-electron chi connectivity index (χ2n) is 5.31. The molecule has 1 amide bonds. The van der Waals surface area contributed by atoms with Crippen molar-refractivity contribution in [1.82, 2.24) is 4.90 Å². The number of carbonyl (C=O) groups is 1. The van der Waals surface area contributed by atoms with Crippen LogP contribution in [-0.2, 0) is 11.3 Å². The minimum atomic E-state index is 0.0450. The van der Waals surface area contributed by atoms with Gasteiger partial charge >= 0.3 is 0 Å². The van der Waals surface area contributed by atoms with E-state index >= 15 is 0 Å². The van der Waals surface area contributed by atoms with Gasteiger partial charge in [0.15, 0.2) is 0 Å². The number of hydrogen-bond donors (Lipinski definition) is 2. The molecule has 0 radical (unpaired) electrons. The topological polar surface area (TPSA) is 58.4 Å². The van der Waals surface area contributed by atoms with Crippen molar-refractivity contribution in [2.75, 3.05) is 18.9 Å². The van der Waals surface area contributed by atoms with E-state index in [-0.39, 0.29) is 5.91 Å². The Bertz CT molecular complexity index is 427. The standard InChI is InChI=1S/C15H23N3O/c1-18(14-7-2-3-8-14)11-15(19)17-13-6-4-5-12(9-13)10-16/h4-6,9,14H,2-3,7-8,10-11,16H2,1H3,(H,17,19). The quantitative estimate of drug-likeness (QED) is 0.852. The Labute approximate surface area is 115 Å². The number of anilines is 1. The van der Waals surface area contributed by atoms with Crippen molar-refractivity contribution in [2.24, 2.45) is 5.73 Å². The summed E-state index contributed by atoms with van der Waals surface area (Å²) in [4.78, 5) is 14.2. The lowest BCUT2D eigenvalue weighted by molar-refractivity contribution is -0.117. The van der Waals surface area contributed by atoms with Crippen LogP contribution in [0.5, 0.6) is 0 Å². The van der Waals surface area contributed by atoms with Crippen LogP contribution in [0, 0.1) is 0 Å². The highest BCUT2D eigenvalue weighted by Crippen LogP contribution is 2.22. The Balaban J connectivity index is 1.86. The summed E-state index contributed by atoms with van der Waals surface area (Å²) >= 11 is 0. The first kappa shape index (κ1) is 14.0. The van der Waals surface area contributed by atoms with E-state index in [2.05, 4.69) is 10.2 Å². The van der Waals surface area contributed by atoms with E-state index < -0.39 is 0 Å². The Morgan fingerprint density at radius 1 is 1.42 bits per heavy atom. The van der Waals surface area contributed by atoms with Gasteiger partial charge in [-0.1, -0.05) is 25.0 Å². The van der Waals surface area contributed by atoms with Gasteiger partial charge in [-0.3, -0.25) is 9.69 Å². The normalized spacial score (nSPS) is 15.9. The molecule has 1 fully saturated rings. The van der Waals surface area contributed by atoms with E-state index in [1.54, 1.807) is 0 Å². The molecule has 1 aliphatic carbocycles. The third-order valence-corrected chi connectivity index (χ3v) is 3.79. The number of likely N-dealkylation sites (N-methyl/N-ethyl adjacent to an activating group) is 1. The molecule has 3 N–H and O–H groups in total. The molecule has 1 aliphatic rings. The highest BCUT2D eigenvalue weighted by atomic mass is 16.2. The number of hydrogen-bond acceptors (Lipinski definition) is 3. The maximum atomic E-state index is 12.0. The summed E-state index contributed by atoms with van der Waals surface area (Å²) in [5, 5.41) is 2.93. The van der Waals surface area contributed by atoms with Gasteiger partial charge in [0.05, 0.1) is 6.54 Å². The molecule has 19 heavy (non-hydrogen) atoms. The highest BCUT2D eigenvalue weighted by Gasteiger charge is 2.21. The van der Waals surface area contributed by atoms with Crippen molar-refractivity contribution in [3.8, 4) is 0 Å². The van der Waals surface area contributed by atoms with Crippen molar-refractivity contribution in [3.63, 3.8) is 0 Å². The van der Waals surface area contributed by atoms with E-state index in [0.29, 0.717) is 19.1 Å². The Morgan fingerprint density at radius 3 is 2.84 bits per heavy atom. The van der Waals surface area contributed by atoms with Crippen LogP contribution in [0.4, 0.5) is 5.69 Å². The number of carbonyl (C=O) groups excluding carboxylic acids is 1. The first-order valence-electron chi connectivity index (χ1n) is 6.98. The zero-order valence-corrected chi connectivity index (χ0v) is 11.6. The van der Waals surface area contributed by atoms with Gasteiger partial charge in [-0.2, -0.15) is 0 Å². The van der Waals surface area contributed by atoms with Crippen LogP contribution in [0.1, 0.15) is 31.2 Å². The average molecular weight is 261 g/mol. The second-order valence-corrected chi connectivity index (χ2v) is 5.31. The second kappa shape index (κ2) is 6.68. The molecule has 0 atom stereocenters. The fraction of sp³-hybridized carbons (Fsp3) is 0.533. The van der Waals surface area contributed by atoms with Gasteiger partial charge < -0.3 is 11.1 Å². The smallest absolute Gasteiger partial charge is 0.238 e. The molecule has 0 aliphatic heterocycles. The van der Waals surface area contributed by atoms with Crippen molar-refractivity contribution in [2.45, 2.75) is 38.3 Å². The van der Waals surface area contributed by atoms with Crippen LogP contribution < -0.4 is 11.1 Å². The maximum absolute atomic E-state index is 12.0. The number of benzene rings is 1. The molecule has 1 saturated carbocycles. The first-order chi connectivity index (χ1) is 9.19. The number of nitrogens with one attached hydrogen (secondary N) is 1.